The third kappa shape index (κ3) is 5.26. The summed E-state index contributed by atoms with van der Waals surface area (Å²) in [6, 6.07) is 16.0. The Balaban J connectivity index is 1.79. The van der Waals surface area contributed by atoms with E-state index in [1.54, 1.807) is 24.3 Å². The van der Waals surface area contributed by atoms with Crippen LogP contribution in [0, 0.1) is 0 Å². The number of amides is 1. The molecular formula is C18H21NO5. The van der Waals surface area contributed by atoms with Crippen molar-refractivity contribution in [1.29, 1.82) is 0 Å². The molecule has 1 amide bonds. The number of benzene rings is 2. The van der Waals surface area contributed by atoms with Crippen LogP contribution >= 0.6 is 0 Å². The lowest BCUT2D eigenvalue weighted by atomic mass is 10.0. The Kier molecular flexibility index (Phi) is 6.60. The third-order valence-electron chi connectivity index (χ3n) is 3.47. The molecule has 0 heterocycles. The molecule has 0 saturated heterocycles. The largest absolute Gasteiger partial charge is 0.497 e. The number of carbonyl (C=O) groups excluding carboxylic acids is 1. The van der Waals surface area contributed by atoms with Crippen LogP contribution in [0.15, 0.2) is 54.6 Å². The first-order valence-electron chi connectivity index (χ1n) is 7.55. The maximum Gasteiger partial charge on any atom is 0.407 e. The van der Waals surface area contributed by atoms with Crippen molar-refractivity contribution < 1.29 is 24.5 Å². The second kappa shape index (κ2) is 8.90. The van der Waals surface area contributed by atoms with E-state index in [4.69, 9.17) is 9.47 Å². The molecule has 128 valence electrons. The van der Waals surface area contributed by atoms with Crippen LogP contribution in [0.4, 0.5) is 4.79 Å². The number of aliphatic hydroxyl groups excluding tert-OH is 2. The molecule has 0 aliphatic heterocycles. The summed E-state index contributed by atoms with van der Waals surface area (Å²) in [6.07, 6.45) is -2.97. The SMILES string of the molecule is COc1cccc(C(O)C(O)CNC(=O)OCc2ccccc2)c1. The highest BCUT2D eigenvalue weighted by molar-refractivity contribution is 5.67. The Bertz CT molecular complexity index is 647. The number of alkyl carbamates (subject to hydrolysis) is 1. The van der Waals surface area contributed by atoms with Gasteiger partial charge in [-0.15, -0.1) is 0 Å². The van der Waals surface area contributed by atoms with Crippen LogP contribution in [0.1, 0.15) is 17.2 Å². The van der Waals surface area contributed by atoms with Gasteiger partial charge in [0, 0.05) is 6.54 Å². The molecule has 6 nitrogen and oxygen atoms in total. The van der Waals surface area contributed by atoms with Gasteiger partial charge in [-0.3, -0.25) is 0 Å². The molecule has 6 heteroatoms. The molecule has 3 N–H and O–H groups in total. The summed E-state index contributed by atoms with van der Waals surface area (Å²) >= 11 is 0. The lowest BCUT2D eigenvalue weighted by Gasteiger charge is -2.19. The molecule has 0 spiro atoms. The van der Waals surface area contributed by atoms with Gasteiger partial charge in [-0.25, -0.2) is 4.79 Å². The van der Waals surface area contributed by atoms with Crippen molar-refractivity contribution in [3.8, 4) is 5.75 Å². The van der Waals surface area contributed by atoms with Gasteiger partial charge in [0.05, 0.1) is 7.11 Å². The highest BCUT2D eigenvalue weighted by Gasteiger charge is 2.19. The van der Waals surface area contributed by atoms with Crippen molar-refractivity contribution in [2.24, 2.45) is 0 Å². The minimum absolute atomic E-state index is 0.133. The second-order valence-electron chi connectivity index (χ2n) is 5.23. The van der Waals surface area contributed by atoms with Crippen LogP contribution in [-0.2, 0) is 11.3 Å². The van der Waals surface area contributed by atoms with E-state index in [-0.39, 0.29) is 13.2 Å². The Labute approximate surface area is 140 Å². The van der Waals surface area contributed by atoms with Gasteiger partial charge in [-0.1, -0.05) is 42.5 Å². The smallest absolute Gasteiger partial charge is 0.407 e. The summed E-state index contributed by atoms with van der Waals surface area (Å²) in [5.74, 6) is 0.578. The van der Waals surface area contributed by atoms with Crippen molar-refractivity contribution in [3.63, 3.8) is 0 Å². The van der Waals surface area contributed by atoms with Crippen molar-refractivity contribution >= 4 is 6.09 Å². The van der Waals surface area contributed by atoms with Gasteiger partial charge in [-0.2, -0.15) is 0 Å². The average Bonchev–Trinajstić information content (AvgIpc) is 2.64. The first kappa shape index (κ1) is 17.8. The lowest BCUT2D eigenvalue weighted by Crippen LogP contribution is -2.35. The number of rotatable bonds is 7. The highest BCUT2D eigenvalue weighted by Crippen LogP contribution is 2.21. The van der Waals surface area contributed by atoms with E-state index in [1.807, 2.05) is 30.3 Å². The number of carbonyl (C=O) groups is 1. The molecule has 0 fully saturated rings. The predicted octanol–water partition coefficient (Wildman–Crippen LogP) is 2.02. The van der Waals surface area contributed by atoms with Gasteiger partial charge in [0.15, 0.2) is 0 Å². The lowest BCUT2D eigenvalue weighted by molar-refractivity contribution is 0.0183. The quantitative estimate of drug-likeness (QED) is 0.722. The topological polar surface area (TPSA) is 88.0 Å². The molecule has 0 aliphatic rings. The summed E-state index contributed by atoms with van der Waals surface area (Å²) in [5.41, 5.74) is 1.37. The maximum absolute atomic E-state index is 11.6. The van der Waals surface area contributed by atoms with Crippen LogP contribution in [0.5, 0.6) is 5.75 Å². The number of aliphatic hydroxyl groups is 2. The van der Waals surface area contributed by atoms with Gasteiger partial charge in [0.25, 0.3) is 0 Å². The van der Waals surface area contributed by atoms with Gasteiger partial charge in [-0.05, 0) is 23.3 Å². The zero-order valence-electron chi connectivity index (χ0n) is 13.4. The molecule has 2 aromatic rings. The highest BCUT2D eigenvalue weighted by atomic mass is 16.5. The molecule has 0 aromatic heterocycles. The van der Waals surface area contributed by atoms with E-state index < -0.39 is 18.3 Å². The standard InChI is InChI=1S/C18H21NO5/c1-23-15-9-5-8-14(10-15)17(21)16(20)11-19-18(22)24-12-13-6-3-2-4-7-13/h2-10,16-17,20-21H,11-12H2,1H3,(H,19,22). The first-order chi connectivity index (χ1) is 11.6. The molecule has 0 bridgehead atoms. The molecule has 2 unspecified atom stereocenters. The van der Waals surface area contributed by atoms with E-state index >= 15 is 0 Å². The zero-order valence-corrected chi connectivity index (χ0v) is 13.4. The predicted molar refractivity (Wildman–Crippen MR) is 88.6 cm³/mol. The molecule has 0 radical (unpaired) electrons. The Hall–Kier alpha value is -2.57. The van der Waals surface area contributed by atoms with Crippen LogP contribution in [0.2, 0.25) is 0 Å². The molecule has 0 aliphatic carbocycles. The van der Waals surface area contributed by atoms with E-state index in [9.17, 15) is 15.0 Å². The first-order valence-corrected chi connectivity index (χ1v) is 7.55. The van der Waals surface area contributed by atoms with Crippen molar-refractivity contribution in [2.45, 2.75) is 18.8 Å². The normalized spacial score (nSPS) is 13.0. The van der Waals surface area contributed by atoms with E-state index in [0.29, 0.717) is 11.3 Å². The minimum atomic E-state index is -1.17. The Morgan fingerprint density at radius 1 is 1.12 bits per heavy atom. The number of hydrogen-bond acceptors (Lipinski definition) is 5. The van der Waals surface area contributed by atoms with E-state index in [1.165, 1.54) is 7.11 Å². The number of hydrogen-bond donors (Lipinski definition) is 3. The maximum atomic E-state index is 11.6. The van der Waals surface area contributed by atoms with Gasteiger partial charge in [0.2, 0.25) is 0 Å². The number of ether oxygens (including phenoxy) is 2. The van der Waals surface area contributed by atoms with E-state index in [2.05, 4.69) is 5.32 Å². The van der Waals surface area contributed by atoms with Crippen molar-refractivity contribution in [3.05, 3.63) is 65.7 Å². The zero-order chi connectivity index (χ0) is 17.4. The minimum Gasteiger partial charge on any atom is -0.497 e. The fourth-order valence-electron chi connectivity index (χ4n) is 2.12. The third-order valence-corrected chi connectivity index (χ3v) is 3.47. The number of nitrogens with one attached hydrogen (secondary N) is 1. The molecule has 2 aromatic carbocycles. The molecule has 24 heavy (non-hydrogen) atoms. The van der Waals surface area contributed by atoms with Gasteiger partial charge < -0.3 is 25.0 Å². The fraction of sp³-hybridized carbons (Fsp3) is 0.278. The fourth-order valence-corrected chi connectivity index (χ4v) is 2.12. The summed E-state index contributed by atoms with van der Waals surface area (Å²) in [6.45, 7) is 0.00715. The summed E-state index contributed by atoms with van der Waals surface area (Å²) in [5, 5.41) is 22.6. The Morgan fingerprint density at radius 3 is 2.58 bits per heavy atom. The van der Waals surface area contributed by atoms with Crippen molar-refractivity contribution in [2.75, 3.05) is 13.7 Å². The van der Waals surface area contributed by atoms with Crippen LogP contribution in [0.3, 0.4) is 0 Å². The van der Waals surface area contributed by atoms with Crippen molar-refractivity contribution in [1.82, 2.24) is 5.32 Å². The second-order valence-corrected chi connectivity index (χ2v) is 5.23. The van der Waals surface area contributed by atoms with Gasteiger partial charge in [0.1, 0.15) is 24.6 Å². The van der Waals surface area contributed by atoms with Crippen LogP contribution in [-0.4, -0.2) is 36.1 Å². The summed E-state index contributed by atoms with van der Waals surface area (Å²) < 4.78 is 10.1. The monoisotopic (exact) mass is 331 g/mol. The summed E-state index contributed by atoms with van der Waals surface area (Å²) in [4.78, 5) is 11.6. The summed E-state index contributed by atoms with van der Waals surface area (Å²) in [7, 11) is 1.52. The number of methoxy groups -OCH3 is 1. The Morgan fingerprint density at radius 2 is 1.88 bits per heavy atom. The van der Waals surface area contributed by atoms with Crippen LogP contribution < -0.4 is 10.1 Å². The van der Waals surface area contributed by atoms with E-state index in [0.717, 1.165) is 5.56 Å². The molecule has 2 atom stereocenters. The molecule has 0 saturated carbocycles. The molecule has 2 rings (SSSR count). The molecular weight excluding hydrogens is 310 g/mol. The van der Waals surface area contributed by atoms with Gasteiger partial charge >= 0.3 is 6.09 Å². The average molecular weight is 331 g/mol. The van der Waals surface area contributed by atoms with Crippen LogP contribution in [0.25, 0.3) is 0 Å².